The summed E-state index contributed by atoms with van der Waals surface area (Å²) in [5.74, 6) is 0. The molecule has 2 heterocycles. The topological polar surface area (TPSA) is 62.2 Å². The minimum Gasteiger partial charge on any atom is -0.405 e. The molecule has 4 heteroatoms. The first-order chi connectivity index (χ1) is 29.0. The summed E-state index contributed by atoms with van der Waals surface area (Å²) < 4.78 is 1.32. The molecule has 1 unspecified atom stereocenters. The lowest BCUT2D eigenvalue weighted by molar-refractivity contribution is 0.786. The van der Waals surface area contributed by atoms with Crippen LogP contribution in [0.5, 0.6) is 0 Å². The van der Waals surface area contributed by atoms with Crippen LogP contribution in [0.25, 0.3) is 49.0 Å². The number of nitrogens with zero attached hydrogens (tertiary/aromatic N) is 1. The van der Waals surface area contributed by atoms with Crippen molar-refractivity contribution >= 4 is 38.9 Å². The maximum absolute atomic E-state index is 6.31. The third-order valence-electron chi connectivity index (χ3n) is 11.4. The van der Waals surface area contributed by atoms with Gasteiger partial charge in [-0.25, -0.2) is 0 Å². The van der Waals surface area contributed by atoms with Gasteiger partial charge >= 0.3 is 0 Å². The van der Waals surface area contributed by atoms with Crippen LogP contribution in [0.1, 0.15) is 65.4 Å². The van der Waals surface area contributed by atoms with Crippen molar-refractivity contribution in [1.29, 1.82) is 5.41 Å². The first-order valence-electron chi connectivity index (χ1n) is 20.6. The summed E-state index contributed by atoms with van der Waals surface area (Å²) in [6.07, 6.45) is 13.9. The van der Waals surface area contributed by atoms with E-state index in [1.54, 1.807) is 0 Å². The summed E-state index contributed by atoms with van der Waals surface area (Å²) in [6, 6.07) is 52.7. The van der Waals surface area contributed by atoms with Crippen LogP contribution in [0.3, 0.4) is 0 Å². The molecule has 2 aliphatic carbocycles. The number of hydrogen-bond acceptors (Lipinski definition) is 4. The van der Waals surface area contributed by atoms with Crippen molar-refractivity contribution in [3.8, 4) is 33.4 Å². The number of hydrogen-bond donors (Lipinski definition) is 2. The molecule has 10 rings (SSSR count). The van der Waals surface area contributed by atoms with Gasteiger partial charge in [-0.2, -0.15) is 0 Å². The van der Waals surface area contributed by atoms with Crippen molar-refractivity contribution in [3.63, 3.8) is 0 Å². The number of rotatable bonds is 6. The second-order valence-electron chi connectivity index (χ2n) is 14.7. The zero-order chi connectivity index (χ0) is 40.9. The van der Waals surface area contributed by atoms with E-state index in [1.807, 2.05) is 25.2 Å². The van der Waals surface area contributed by atoms with E-state index in [-0.39, 0.29) is 0 Å². The molecule has 1 aromatic heterocycles. The SMILES string of the molecule is C/C=C\C1=C(c2cc3ccccc3s2)c2ccccc2C12c1cc(-c3ccc(C)cc3)ccc1-c1ccc(-c3ccc(C4=NCCC=C4)cc3)cc12.CC.N=C/C=C\N. The summed E-state index contributed by atoms with van der Waals surface area (Å²) in [7, 11) is 0. The fraction of sp³-hybridized carbons (Fsp3) is 0.127. The molecule has 59 heavy (non-hydrogen) atoms. The number of benzene rings is 6. The average Bonchev–Trinajstić information content (AvgIpc) is 3.94. The highest BCUT2D eigenvalue weighted by Gasteiger charge is 2.52. The third-order valence-corrected chi connectivity index (χ3v) is 12.5. The summed E-state index contributed by atoms with van der Waals surface area (Å²) in [4.78, 5) is 6.08. The van der Waals surface area contributed by atoms with E-state index in [0.29, 0.717) is 0 Å². The molecule has 0 bridgehead atoms. The molecule has 1 atom stereocenters. The lowest BCUT2D eigenvalue weighted by Crippen LogP contribution is -2.27. The number of aliphatic imine (C=N–C) groups is 1. The van der Waals surface area contributed by atoms with Gasteiger partial charge in [-0.05, 0) is 135 Å². The van der Waals surface area contributed by atoms with Crippen LogP contribution < -0.4 is 5.73 Å². The molecular formula is C55H49N3S. The predicted molar refractivity (Wildman–Crippen MR) is 255 cm³/mol. The predicted octanol–water partition coefficient (Wildman–Crippen LogP) is 14.1. The van der Waals surface area contributed by atoms with Crippen LogP contribution >= 0.6 is 11.3 Å². The Morgan fingerprint density at radius 3 is 1.88 bits per heavy atom. The van der Waals surface area contributed by atoms with Crippen molar-refractivity contribution in [1.82, 2.24) is 0 Å². The highest BCUT2D eigenvalue weighted by molar-refractivity contribution is 7.20. The largest absolute Gasteiger partial charge is 0.405 e. The third kappa shape index (κ3) is 6.94. The number of dihydropyridines is 1. The van der Waals surface area contributed by atoms with E-state index in [9.17, 15) is 0 Å². The molecular weight excluding hydrogens is 735 g/mol. The van der Waals surface area contributed by atoms with E-state index < -0.39 is 5.41 Å². The van der Waals surface area contributed by atoms with Gasteiger partial charge in [-0.1, -0.05) is 153 Å². The number of nitrogens with one attached hydrogen (secondary N) is 1. The summed E-state index contributed by atoms with van der Waals surface area (Å²) in [5, 5.41) is 7.60. The van der Waals surface area contributed by atoms with Gasteiger partial charge < -0.3 is 11.1 Å². The molecule has 1 aliphatic heterocycles. The number of thiophene rings is 1. The summed E-state index contributed by atoms with van der Waals surface area (Å²) in [6.45, 7) is 9.18. The van der Waals surface area contributed by atoms with E-state index in [1.165, 1.54) is 105 Å². The van der Waals surface area contributed by atoms with Crippen LogP contribution in [-0.4, -0.2) is 18.5 Å². The van der Waals surface area contributed by atoms with Crippen molar-refractivity contribution in [3.05, 3.63) is 220 Å². The van der Waals surface area contributed by atoms with Gasteiger partial charge in [0, 0.05) is 27.9 Å². The molecule has 0 fully saturated rings. The number of allylic oxidation sites excluding steroid dienone is 5. The lowest BCUT2D eigenvalue weighted by Gasteiger charge is -2.32. The summed E-state index contributed by atoms with van der Waals surface area (Å²) in [5.41, 5.74) is 23.4. The van der Waals surface area contributed by atoms with Crippen LogP contribution in [0, 0.1) is 12.3 Å². The number of nitrogens with two attached hydrogens (primary N) is 1. The zero-order valence-corrected chi connectivity index (χ0v) is 35.0. The molecule has 0 saturated carbocycles. The van der Waals surface area contributed by atoms with Gasteiger partial charge in [0.1, 0.15) is 0 Å². The molecule has 0 amide bonds. The molecule has 3 N–H and O–H groups in total. The van der Waals surface area contributed by atoms with Crippen LogP contribution in [0.4, 0.5) is 0 Å². The fourth-order valence-electron chi connectivity index (χ4n) is 8.84. The highest BCUT2D eigenvalue weighted by Crippen LogP contribution is 2.64. The lowest BCUT2D eigenvalue weighted by atomic mass is 9.69. The zero-order valence-electron chi connectivity index (χ0n) is 34.2. The van der Waals surface area contributed by atoms with Crippen molar-refractivity contribution in [2.75, 3.05) is 6.54 Å². The van der Waals surface area contributed by atoms with Gasteiger partial charge in [0.25, 0.3) is 0 Å². The van der Waals surface area contributed by atoms with Crippen LogP contribution in [0.2, 0.25) is 0 Å². The highest BCUT2D eigenvalue weighted by atomic mass is 32.1. The van der Waals surface area contributed by atoms with Crippen LogP contribution in [-0.2, 0) is 5.41 Å². The van der Waals surface area contributed by atoms with Gasteiger partial charge in [-0.15, -0.1) is 11.3 Å². The maximum Gasteiger partial charge on any atom is 0.0726 e. The Hall–Kier alpha value is -6.62. The molecule has 0 radical (unpaired) electrons. The molecule has 6 aromatic carbocycles. The first-order valence-corrected chi connectivity index (χ1v) is 21.4. The monoisotopic (exact) mass is 783 g/mol. The maximum atomic E-state index is 6.31. The molecule has 1 spiro atoms. The minimum absolute atomic E-state index is 0.489. The molecule has 7 aromatic rings. The van der Waals surface area contributed by atoms with Crippen LogP contribution in [0.15, 0.2) is 187 Å². The Morgan fingerprint density at radius 1 is 0.678 bits per heavy atom. The average molecular weight is 784 g/mol. The summed E-state index contributed by atoms with van der Waals surface area (Å²) >= 11 is 1.90. The van der Waals surface area contributed by atoms with Gasteiger partial charge in [0.05, 0.1) is 11.1 Å². The van der Waals surface area contributed by atoms with Crippen molar-refractivity contribution in [2.45, 2.75) is 39.5 Å². The van der Waals surface area contributed by atoms with Gasteiger partial charge in [-0.3, -0.25) is 4.99 Å². The first kappa shape index (κ1) is 39.2. The molecule has 290 valence electrons. The van der Waals surface area contributed by atoms with Gasteiger partial charge in [0.2, 0.25) is 0 Å². The quantitative estimate of drug-likeness (QED) is 0.162. The van der Waals surface area contributed by atoms with E-state index in [4.69, 9.17) is 16.1 Å². The smallest absolute Gasteiger partial charge is 0.0726 e. The van der Waals surface area contributed by atoms with E-state index in [0.717, 1.165) is 24.9 Å². The Labute approximate surface area is 352 Å². The number of aryl methyl sites for hydroxylation is 1. The molecule has 0 saturated heterocycles. The normalized spacial score (nSPS) is 16.0. The van der Waals surface area contributed by atoms with Crippen molar-refractivity contribution in [2.24, 2.45) is 10.7 Å². The Morgan fingerprint density at radius 2 is 1.29 bits per heavy atom. The number of fused-ring (bicyclic) bond motifs is 8. The van der Waals surface area contributed by atoms with Crippen molar-refractivity contribution < 1.29 is 0 Å². The second kappa shape index (κ2) is 17.1. The molecule has 3 aliphatic rings. The fourth-order valence-corrected chi connectivity index (χ4v) is 9.98. The van der Waals surface area contributed by atoms with E-state index in [2.05, 4.69) is 178 Å². The second-order valence-corrected chi connectivity index (χ2v) is 15.8. The minimum atomic E-state index is -0.489. The Kier molecular flexibility index (Phi) is 11.4. The Bertz CT molecular complexity index is 2790. The van der Waals surface area contributed by atoms with Gasteiger partial charge in [0.15, 0.2) is 0 Å². The van der Waals surface area contributed by atoms with E-state index >= 15 is 0 Å². The molecule has 3 nitrogen and oxygen atoms in total. The Balaban J connectivity index is 0.000000646. The standard InChI is InChI=1S/C50H37NS.C3H6N2.C2H6/c1-3-10-43-49(48-31-38-11-4-7-15-47(38)52-48)41-12-5-6-13-42(41)50(43)44-29-36(33-18-16-32(2)17-19-33)24-26-39(44)40-27-25-37(30-45(40)50)34-20-22-35(23-21-34)46-14-8-9-28-51-46;4-2-1-3-5;1-2/h3-8,10-27,29-31H,9,28H2,1-2H3;1-4H,5H2;1-2H3/b10-3-;3-1-,4-2?;.